The van der Waals surface area contributed by atoms with Crippen LogP contribution < -0.4 is 5.32 Å². The molecule has 3 N–H and O–H groups in total. The summed E-state index contributed by atoms with van der Waals surface area (Å²) in [6.45, 7) is 5.73. The molecule has 4 aliphatic carbocycles. The molecule has 0 saturated heterocycles. The van der Waals surface area contributed by atoms with Crippen LogP contribution in [0.3, 0.4) is 0 Å². The molecule has 0 bridgehead atoms. The summed E-state index contributed by atoms with van der Waals surface area (Å²) in [4.78, 5) is 0. The number of nitrogens with two attached hydrogens (primary N) is 1. The molecule has 4 fully saturated rings. The molecule has 3 heteroatoms. The monoisotopic (exact) mass is 331 g/mol. The average Bonchev–Trinajstić information content (AvgIpc) is 2.90. The van der Waals surface area contributed by atoms with Crippen LogP contribution in [0.15, 0.2) is 0 Å². The fourth-order valence-electron chi connectivity index (χ4n) is 7.86. The van der Waals surface area contributed by atoms with Crippen LogP contribution in [0.5, 0.6) is 0 Å². The van der Waals surface area contributed by atoms with Crippen molar-refractivity contribution in [2.45, 2.75) is 83.8 Å². The Labute approximate surface area is 147 Å². The van der Waals surface area contributed by atoms with Crippen LogP contribution >= 0.6 is 0 Å². The van der Waals surface area contributed by atoms with Gasteiger partial charge in [-0.25, -0.2) is 0 Å². The second kappa shape index (κ2) is 5.99. The molecular weight excluding hydrogens is 296 g/mol. The van der Waals surface area contributed by atoms with Crippen molar-refractivity contribution in [1.29, 1.82) is 5.26 Å². The third kappa shape index (κ3) is 2.36. The fourth-order valence-corrected chi connectivity index (χ4v) is 7.86. The van der Waals surface area contributed by atoms with Crippen molar-refractivity contribution in [1.82, 2.24) is 0 Å². The Bertz CT molecular complexity index is 528. The third-order valence-corrected chi connectivity index (χ3v) is 9.21. The normalized spacial score (nSPS) is 53.6. The number of rotatable bonds is 2. The smallest absolute Gasteiger partial charge is 0.163 e. The van der Waals surface area contributed by atoms with Gasteiger partial charge in [-0.2, -0.15) is 5.26 Å². The first-order chi connectivity index (χ1) is 11.5. The molecule has 4 rings (SSSR count). The summed E-state index contributed by atoms with van der Waals surface area (Å²) in [5.41, 5.74) is 0.938. The molecular formula is C21H35N2O+. The number of quaternary nitrogens is 1. The molecule has 0 amide bonds. The summed E-state index contributed by atoms with van der Waals surface area (Å²) in [6.07, 6.45) is 11.5. The molecule has 0 spiro atoms. The number of aliphatic hydroxyl groups is 1. The lowest BCUT2D eigenvalue weighted by Crippen LogP contribution is -2.92. The van der Waals surface area contributed by atoms with Crippen LogP contribution in [0.2, 0.25) is 0 Å². The van der Waals surface area contributed by atoms with Gasteiger partial charge >= 0.3 is 0 Å². The molecule has 0 aromatic carbocycles. The number of aliphatic hydroxyl groups excluding tert-OH is 1. The van der Waals surface area contributed by atoms with Gasteiger partial charge in [0.2, 0.25) is 0 Å². The van der Waals surface area contributed by atoms with Crippen LogP contribution in [0.4, 0.5) is 0 Å². The lowest BCUT2D eigenvalue weighted by Gasteiger charge is -2.60. The summed E-state index contributed by atoms with van der Waals surface area (Å²) in [6, 6.07) is 3.00. The van der Waals surface area contributed by atoms with Crippen LogP contribution in [0.1, 0.15) is 71.6 Å². The molecule has 0 aromatic rings. The van der Waals surface area contributed by atoms with E-state index in [0.717, 1.165) is 36.5 Å². The lowest BCUT2D eigenvalue weighted by molar-refractivity contribution is -0.692. The van der Waals surface area contributed by atoms with E-state index in [1.165, 1.54) is 44.9 Å². The Hall–Kier alpha value is -0.590. The van der Waals surface area contributed by atoms with E-state index in [1.807, 2.05) is 0 Å². The van der Waals surface area contributed by atoms with Gasteiger partial charge in [-0.3, -0.25) is 0 Å². The summed E-state index contributed by atoms with van der Waals surface area (Å²) in [5.74, 6) is 3.42. The summed E-state index contributed by atoms with van der Waals surface area (Å²) >= 11 is 0. The van der Waals surface area contributed by atoms with Gasteiger partial charge < -0.3 is 10.4 Å². The van der Waals surface area contributed by atoms with E-state index in [2.05, 4.69) is 25.2 Å². The highest BCUT2D eigenvalue weighted by Crippen LogP contribution is 2.65. The van der Waals surface area contributed by atoms with Gasteiger partial charge in [0.05, 0.1) is 12.1 Å². The molecule has 0 unspecified atom stereocenters. The van der Waals surface area contributed by atoms with E-state index in [-0.39, 0.29) is 6.10 Å². The first-order valence-corrected chi connectivity index (χ1v) is 10.4. The highest BCUT2D eigenvalue weighted by Gasteiger charge is 2.61. The molecule has 134 valence electrons. The van der Waals surface area contributed by atoms with Crippen LogP contribution in [-0.4, -0.2) is 23.8 Å². The van der Waals surface area contributed by atoms with Crippen molar-refractivity contribution in [3.63, 3.8) is 0 Å². The minimum absolute atomic E-state index is 0.0371. The van der Waals surface area contributed by atoms with Crippen molar-refractivity contribution >= 4 is 0 Å². The minimum Gasteiger partial charge on any atom is -0.393 e. The van der Waals surface area contributed by atoms with Gasteiger partial charge in [0, 0.05) is 11.8 Å². The zero-order chi connectivity index (χ0) is 16.9. The zero-order valence-corrected chi connectivity index (χ0v) is 15.5. The SMILES string of the molecule is C[C@]12CC[C@@H](O)C[C@@H]1CC[C@H]1[C@H]2CC[C@@]2(C)[C@@H]1CC[C@H]2[NH2+]CC#N. The topological polar surface area (TPSA) is 60.6 Å². The van der Waals surface area contributed by atoms with Crippen LogP contribution in [-0.2, 0) is 0 Å². The minimum atomic E-state index is -0.0371. The Balaban J connectivity index is 1.55. The van der Waals surface area contributed by atoms with Crippen molar-refractivity contribution in [2.75, 3.05) is 6.54 Å². The molecule has 4 aliphatic rings. The number of hydrogen-bond acceptors (Lipinski definition) is 2. The lowest BCUT2D eigenvalue weighted by atomic mass is 9.45. The van der Waals surface area contributed by atoms with Crippen molar-refractivity contribution in [3.8, 4) is 6.07 Å². The van der Waals surface area contributed by atoms with E-state index in [9.17, 15) is 5.11 Å². The Morgan fingerprint density at radius 1 is 1.00 bits per heavy atom. The molecule has 24 heavy (non-hydrogen) atoms. The highest BCUT2D eigenvalue weighted by atomic mass is 16.3. The third-order valence-electron chi connectivity index (χ3n) is 9.21. The first-order valence-electron chi connectivity index (χ1n) is 10.4. The number of nitrogens with zero attached hydrogens (tertiary/aromatic N) is 1. The van der Waals surface area contributed by atoms with Crippen molar-refractivity contribution in [3.05, 3.63) is 0 Å². The van der Waals surface area contributed by atoms with Gasteiger partial charge in [0.15, 0.2) is 6.54 Å². The molecule has 0 aliphatic heterocycles. The summed E-state index contributed by atoms with van der Waals surface area (Å²) in [5, 5.41) is 21.5. The van der Waals surface area contributed by atoms with Gasteiger partial charge in [0.1, 0.15) is 6.07 Å². The predicted molar refractivity (Wildman–Crippen MR) is 93.9 cm³/mol. The van der Waals surface area contributed by atoms with Gasteiger partial charge in [0.25, 0.3) is 0 Å². The van der Waals surface area contributed by atoms with Gasteiger partial charge in [-0.05, 0) is 80.5 Å². The van der Waals surface area contributed by atoms with E-state index in [0.29, 0.717) is 23.4 Å². The Morgan fingerprint density at radius 2 is 1.75 bits per heavy atom. The standard InChI is InChI=1S/C21H34N2O/c1-20-9-7-15(24)13-14(20)3-4-16-17-5-6-19(23-12-11-22)21(17,2)10-8-18(16)20/h14-19,23-24H,3-10,12-13H2,1-2H3/p+1/t14-,15+,16+,17+,18+,19+,20-,21-/m0/s1. The maximum atomic E-state index is 10.1. The number of hydrogen-bond donors (Lipinski definition) is 2. The number of fused-ring (bicyclic) bond motifs is 5. The molecule has 4 saturated carbocycles. The van der Waals surface area contributed by atoms with E-state index in [4.69, 9.17) is 5.26 Å². The van der Waals surface area contributed by atoms with Crippen LogP contribution in [0.25, 0.3) is 0 Å². The van der Waals surface area contributed by atoms with Crippen LogP contribution in [0, 0.1) is 45.8 Å². The maximum absolute atomic E-state index is 10.1. The molecule has 0 aromatic heterocycles. The largest absolute Gasteiger partial charge is 0.393 e. The predicted octanol–water partition coefficient (Wildman–Crippen LogP) is 2.85. The zero-order valence-electron chi connectivity index (χ0n) is 15.5. The quantitative estimate of drug-likeness (QED) is 0.764. The van der Waals surface area contributed by atoms with E-state index >= 15 is 0 Å². The highest BCUT2D eigenvalue weighted by molar-refractivity contribution is 5.09. The first kappa shape index (κ1) is 16.9. The van der Waals surface area contributed by atoms with Crippen molar-refractivity contribution in [2.24, 2.45) is 34.5 Å². The summed E-state index contributed by atoms with van der Waals surface area (Å²) in [7, 11) is 0. The Morgan fingerprint density at radius 3 is 2.54 bits per heavy atom. The second-order valence-corrected chi connectivity index (χ2v) is 9.91. The van der Waals surface area contributed by atoms with E-state index in [1.54, 1.807) is 0 Å². The molecule has 8 atom stereocenters. The summed E-state index contributed by atoms with van der Waals surface area (Å²) < 4.78 is 0. The Kier molecular flexibility index (Phi) is 4.21. The van der Waals surface area contributed by atoms with Gasteiger partial charge in [-0.15, -0.1) is 0 Å². The maximum Gasteiger partial charge on any atom is 0.163 e. The molecule has 0 heterocycles. The molecule has 0 radical (unpaired) electrons. The second-order valence-electron chi connectivity index (χ2n) is 9.91. The molecule has 3 nitrogen and oxygen atoms in total. The average molecular weight is 332 g/mol. The fraction of sp³-hybridized carbons (Fsp3) is 0.952. The number of nitriles is 1. The van der Waals surface area contributed by atoms with E-state index < -0.39 is 0 Å². The van der Waals surface area contributed by atoms with Crippen molar-refractivity contribution < 1.29 is 10.4 Å². The van der Waals surface area contributed by atoms with Gasteiger partial charge in [-0.1, -0.05) is 13.8 Å².